The van der Waals surface area contributed by atoms with Gasteiger partial charge in [-0.05, 0) is 28.2 Å². The minimum atomic E-state index is 0.177. The van der Waals surface area contributed by atoms with E-state index in [1.54, 1.807) is 6.26 Å². The predicted molar refractivity (Wildman–Crippen MR) is 91.2 cm³/mol. The van der Waals surface area contributed by atoms with Gasteiger partial charge in [-0.1, -0.05) is 75.4 Å². The van der Waals surface area contributed by atoms with Crippen molar-refractivity contribution in [2.45, 2.75) is 32.1 Å². The van der Waals surface area contributed by atoms with E-state index in [0.717, 1.165) is 0 Å². The number of rotatable bonds is 3. The Bertz CT molecular complexity index is 701. The first-order valence-corrected chi connectivity index (χ1v) is 7.73. The number of benzene rings is 2. The van der Waals surface area contributed by atoms with Crippen molar-refractivity contribution in [1.29, 1.82) is 0 Å². The summed E-state index contributed by atoms with van der Waals surface area (Å²) in [5.74, 6) is 0.217. The maximum absolute atomic E-state index is 5.32. The van der Waals surface area contributed by atoms with Crippen molar-refractivity contribution < 1.29 is 4.42 Å². The molecule has 1 unspecified atom stereocenters. The van der Waals surface area contributed by atoms with Crippen molar-refractivity contribution in [1.82, 2.24) is 0 Å². The second-order valence-electron chi connectivity index (χ2n) is 6.77. The molecule has 0 N–H and O–H groups in total. The summed E-state index contributed by atoms with van der Waals surface area (Å²) in [5.41, 5.74) is 5.30. The smallest absolute Gasteiger partial charge is 0.0944 e. The molecule has 0 aliphatic rings. The number of furan rings is 1. The van der Waals surface area contributed by atoms with Crippen molar-refractivity contribution in [3.8, 4) is 0 Å². The lowest BCUT2D eigenvalue weighted by molar-refractivity contribution is 0.563. The molecule has 0 radical (unpaired) electrons. The lowest BCUT2D eigenvalue weighted by atomic mass is 9.83. The molecule has 22 heavy (non-hydrogen) atoms. The van der Waals surface area contributed by atoms with Gasteiger partial charge in [-0.15, -0.1) is 0 Å². The van der Waals surface area contributed by atoms with Gasteiger partial charge in [-0.3, -0.25) is 0 Å². The molecule has 1 atom stereocenters. The molecule has 0 aliphatic heterocycles. The Kier molecular flexibility index (Phi) is 3.89. The van der Waals surface area contributed by atoms with Crippen LogP contribution in [-0.4, -0.2) is 0 Å². The molecule has 0 saturated heterocycles. The van der Waals surface area contributed by atoms with Crippen molar-refractivity contribution in [3.05, 3.63) is 95.4 Å². The largest absolute Gasteiger partial charge is 0.472 e. The highest BCUT2D eigenvalue weighted by molar-refractivity contribution is 5.43. The Morgan fingerprint density at radius 1 is 0.727 bits per heavy atom. The van der Waals surface area contributed by atoms with Gasteiger partial charge in [0.1, 0.15) is 0 Å². The monoisotopic (exact) mass is 290 g/mol. The van der Waals surface area contributed by atoms with Crippen LogP contribution in [0.15, 0.2) is 77.6 Å². The Morgan fingerprint density at radius 3 is 1.91 bits per heavy atom. The maximum Gasteiger partial charge on any atom is 0.0944 e. The minimum absolute atomic E-state index is 0.177. The van der Waals surface area contributed by atoms with Crippen molar-refractivity contribution in [3.63, 3.8) is 0 Å². The van der Waals surface area contributed by atoms with Gasteiger partial charge < -0.3 is 4.42 Å². The SMILES string of the molecule is CC(C)(C)c1ccc(C(c2ccccc2)c2ccoc2)cc1. The quantitative estimate of drug-likeness (QED) is 0.598. The summed E-state index contributed by atoms with van der Waals surface area (Å²) in [6, 6.07) is 21.6. The molecule has 1 heterocycles. The van der Waals surface area contributed by atoms with Crippen LogP contribution in [0.4, 0.5) is 0 Å². The number of hydrogen-bond donors (Lipinski definition) is 0. The zero-order chi connectivity index (χ0) is 15.6. The average molecular weight is 290 g/mol. The predicted octanol–water partition coefficient (Wildman–Crippen LogP) is 5.76. The summed E-state index contributed by atoms with van der Waals surface area (Å²) in [4.78, 5) is 0. The second kappa shape index (κ2) is 5.84. The van der Waals surface area contributed by atoms with Crippen molar-refractivity contribution in [2.75, 3.05) is 0 Å². The Hall–Kier alpha value is -2.28. The first-order valence-electron chi connectivity index (χ1n) is 7.73. The van der Waals surface area contributed by atoms with Crippen LogP contribution in [-0.2, 0) is 5.41 Å². The van der Waals surface area contributed by atoms with E-state index in [0.29, 0.717) is 0 Å². The third-order valence-corrected chi connectivity index (χ3v) is 4.12. The topological polar surface area (TPSA) is 13.1 Å². The molecule has 0 amide bonds. The van der Waals surface area contributed by atoms with Crippen LogP contribution in [0.1, 0.15) is 48.9 Å². The van der Waals surface area contributed by atoms with Gasteiger partial charge in [-0.2, -0.15) is 0 Å². The molecular formula is C21H22O. The summed E-state index contributed by atoms with van der Waals surface area (Å²) in [6.07, 6.45) is 3.59. The zero-order valence-corrected chi connectivity index (χ0v) is 13.4. The van der Waals surface area contributed by atoms with Gasteiger partial charge in [0.05, 0.1) is 12.5 Å². The summed E-state index contributed by atoms with van der Waals surface area (Å²) in [7, 11) is 0. The van der Waals surface area contributed by atoms with E-state index in [9.17, 15) is 0 Å². The number of hydrogen-bond acceptors (Lipinski definition) is 1. The summed E-state index contributed by atoms with van der Waals surface area (Å²) in [6.45, 7) is 6.73. The van der Waals surface area contributed by atoms with E-state index in [1.807, 2.05) is 6.26 Å². The first kappa shape index (κ1) is 14.6. The van der Waals surface area contributed by atoms with Crippen LogP contribution in [0.2, 0.25) is 0 Å². The third kappa shape index (κ3) is 2.99. The van der Waals surface area contributed by atoms with Gasteiger partial charge in [0.25, 0.3) is 0 Å². The average Bonchev–Trinajstić information content (AvgIpc) is 3.02. The van der Waals surface area contributed by atoms with E-state index in [4.69, 9.17) is 4.42 Å². The van der Waals surface area contributed by atoms with E-state index in [1.165, 1.54) is 22.3 Å². The Labute approximate surface area is 132 Å². The summed E-state index contributed by atoms with van der Waals surface area (Å²) < 4.78 is 5.32. The molecule has 0 saturated carbocycles. The molecule has 0 aliphatic carbocycles. The Balaban J connectivity index is 2.04. The lowest BCUT2D eigenvalue weighted by Gasteiger charge is -2.21. The van der Waals surface area contributed by atoms with Crippen LogP contribution < -0.4 is 0 Å². The van der Waals surface area contributed by atoms with Crippen LogP contribution in [0.5, 0.6) is 0 Å². The van der Waals surface area contributed by atoms with E-state index in [2.05, 4.69) is 81.4 Å². The normalized spacial score (nSPS) is 13.0. The molecule has 0 spiro atoms. The van der Waals surface area contributed by atoms with Crippen LogP contribution in [0, 0.1) is 0 Å². The highest BCUT2D eigenvalue weighted by Gasteiger charge is 2.19. The lowest BCUT2D eigenvalue weighted by Crippen LogP contribution is -2.11. The summed E-state index contributed by atoms with van der Waals surface area (Å²) in [5, 5.41) is 0. The third-order valence-electron chi connectivity index (χ3n) is 4.12. The molecule has 112 valence electrons. The maximum atomic E-state index is 5.32. The molecular weight excluding hydrogens is 268 g/mol. The van der Waals surface area contributed by atoms with Gasteiger partial charge >= 0.3 is 0 Å². The highest BCUT2D eigenvalue weighted by Crippen LogP contribution is 2.33. The van der Waals surface area contributed by atoms with E-state index < -0.39 is 0 Å². The van der Waals surface area contributed by atoms with Gasteiger partial charge in [-0.25, -0.2) is 0 Å². The minimum Gasteiger partial charge on any atom is -0.472 e. The van der Waals surface area contributed by atoms with E-state index in [-0.39, 0.29) is 11.3 Å². The van der Waals surface area contributed by atoms with Crippen LogP contribution in [0.25, 0.3) is 0 Å². The van der Waals surface area contributed by atoms with E-state index >= 15 is 0 Å². The fraction of sp³-hybridized carbons (Fsp3) is 0.238. The van der Waals surface area contributed by atoms with Gasteiger partial charge in [0.15, 0.2) is 0 Å². The van der Waals surface area contributed by atoms with Gasteiger partial charge in [0, 0.05) is 11.5 Å². The highest BCUT2D eigenvalue weighted by atomic mass is 16.3. The molecule has 2 aromatic carbocycles. The fourth-order valence-electron chi connectivity index (χ4n) is 2.84. The van der Waals surface area contributed by atoms with Crippen LogP contribution in [0.3, 0.4) is 0 Å². The zero-order valence-electron chi connectivity index (χ0n) is 13.4. The van der Waals surface area contributed by atoms with Crippen molar-refractivity contribution >= 4 is 0 Å². The molecule has 1 aromatic heterocycles. The van der Waals surface area contributed by atoms with Gasteiger partial charge in [0.2, 0.25) is 0 Å². The second-order valence-corrected chi connectivity index (χ2v) is 6.77. The molecule has 1 heteroatoms. The van der Waals surface area contributed by atoms with Crippen LogP contribution >= 0.6 is 0 Å². The molecule has 3 aromatic rings. The summed E-state index contributed by atoms with van der Waals surface area (Å²) >= 11 is 0. The standard InChI is InChI=1S/C21H22O/c1-21(2,3)19-11-9-17(10-12-19)20(18-13-14-22-15-18)16-7-5-4-6-8-16/h4-15,20H,1-3H3. The molecule has 3 rings (SSSR count). The fourth-order valence-corrected chi connectivity index (χ4v) is 2.84. The molecule has 0 bridgehead atoms. The molecule has 1 nitrogen and oxygen atoms in total. The van der Waals surface area contributed by atoms with Crippen molar-refractivity contribution in [2.24, 2.45) is 0 Å². The Morgan fingerprint density at radius 2 is 1.36 bits per heavy atom. The first-order chi connectivity index (χ1) is 10.6. The molecule has 0 fully saturated rings.